The molecule has 0 bridgehead atoms. The molecule has 2 heteroatoms. The summed E-state index contributed by atoms with van der Waals surface area (Å²) in [6.45, 7) is 7.48. The second-order valence-electron chi connectivity index (χ2n) is 2.01. The molecule has 2 N–H and O–H groups in total. The number of hydrogen-bond acceptors (Lipinski definition) is 2. The Balaban J connectivity index is 3.50. The van der Waals surface area contributed by atoms with Gasteiger partial charge < -0.3 is 5.73 Å². The van der Waals surface area contributed by atoms with E-state index in [-0.39, 0.29) is 0 Å². The van der Waals surface area contributed by atoms with Crippen LogP contribution in [0.4, 0.5) is 0 Å². The van der Waals surface area contributed by atoms with Crippen molar-refractivity contribution in [2.24, 2.45) is 16.6 Å². The van der Waals surface area contributed by atoms with E-state index in [1.54, 1.807) is 6.21 Å². The first-order chi connectivity index (χ1) is 3.63. The number of hydrogen-bond donors (Lipinski definition) is 1. The lowest BCUT2D eigenvalue weighted by molar-refractivity contribution is 0.904. The van der Waals surface area contributed by atoms with Crippen LogP contribution in [0.5, 0.6) is 0 Å². The van der Waals surface area contributed by atoms with Crippen LogP contribution >= 0.6 is 0 Å². The Bertz CT molecular complexity index is 103. The van der Waals surface area contributed by atoms with Crippen molar-refractivity contribution >= 4 is 6.21 Å². The summed E-state index contributed by atoms with van der Waals surface area (Å²) in [6, 6.07) is 0. The lowest BCUT2D eigenvalue weighted by Crippen LogP contribution is -1.93. The van der Waals surface area contributed by atoms with Crippen molar-refractivity contribution in [2.75, 3.05) is 0 Å². The van der Waals surface area contributed by atoms with Gasteiger partial charge in [-0.3, -0.25) is 0 Å². The molecule has 0 aromatic carbocycles. The van der Waals surface area contributed by atoms with Crippen LogP contribution in [-0.2, 0) is 0 Å². The Morgan fingerprint density at radius 1 is 1.75 bits per heavy atom. The molecule has 0 aliphatic heterocycles. The fourth-order valence-electron chi connectivity index (χ4n) is 0.245. The molecule has 0 aliphatic rings. The van der Waals surface area contributed by atoms with Gasteiger partial charge in [-0.25, -0.2) is 4.99 Å². The first-order valence-electron chi connectivity index (χ1n) is 2.61. The smallest absolute Gasteiger partial charge is 0.115 e. The van der Waals surface area contributed by atoms with Crippen molar-refractivity contribution in [3.05, 3.63) is 12.4 Å². The van der Waals surface area contributed by atoms with E-state index < -0.39 is 0 Å². The number of nitrogens with zero attached hydrogens (tertiary/aromatic N) is 1. The van der Waals surface area contributed by atoms with Crippen LogP contribution in [0.3, 0.4) is 0 Å². The zero-order valence-corrected chi connectivity index (χ0v) is 5.39. The molecule has 0 unspecified atom stereocenters. The summed E-state index contributed by atoms with van der Waals surface area (Å²) < 4.78 is 0. The van der Waals surface area contributed by atoms with Crippen molar-refractivity contribution in [1.82, 2.24) is 0 Å². The summed E-state index contributed by atoms with van der Waals surface area (Å²) in [6.07, 6.45) is 1.77. The molecule has 0 rings (SSSR count). The SMILES string of the molecule is C=C(N)/N=C\C(C)C. The highest BCUT2D eigenvalue weighted by molar-refractivity contribution is 5.60. The fourth-order valence-corrected chi connectivity index (χ4v) is 0.245. The Morgan fingerprint density at radius 3 is 2.38 bits per heavy atom. The molecule has 46 valence electrons. The van der Waals surface area contributed by atoms with Gasteiger partial charge >= 0.3 is 0 Å². The summed E-state index contributed by atoms with van der Waals surface area (Å²) >= 11 is 0. The zero-order valence-electron chi connectivity index (χ0n) is 5.39. The topological polar surface area (TPSA) is 38.4 Å². The lowest BCUT2D eigenvalue weighted by atomic mass is 10.2. The van der Waals surface area contributed by atoms with Crippen LogP contribution in [0.15, 0.2) is 17.4 Å². The molecule has 2 nitrogen and oxygen atoms in total. The third-order valence-electron chi connectivity index (χ3n) is 0.539. The van der Waals surface area contributed by atoms with Crippen molar-refractivity contribution in [1.29, 1.82) is 0 Å². The van der Waals surface area contributed by atoms with Gasteiger partial charge in [0, 0.05) is 6.21 Å². The van der Waals surface area contributed by atoms with Gasteiger partial charge in [0.1, 0.15) is 5.82 Å². The average Bonchev–Trinajstić information content (AvgIpc) is 1.61. The molecule has 0 saturated heterocycles. The Kier molecular flexibility index (Phi) is 2.92. The summed E-state index contributed by atoms with van der Waals surface area (Å²) in [7, 11) is 0. The molecule has 8 heavy (non-hydrogen) atoms. The van der Waals surface area contributed by atoms with Gasteiger partial charge in [0.15, 0.2) is 0 Å². The number of nitrogens with two attached hydrogens (primary N) is 1. The predicted molar refractivity (Wildman–Crippen MR) is 36.7 cm³/mol. The zero-order chi connectivity index (χ0) is 6.57. The van der Waals surface area contributed by atoms with E-state index in [9.17, 15) is 0 Å². The predicted octanol–water partition coefficient (Wildman–Crippen LogP) is 1.14. The molecule has 0 aromatic heterocycles. The minimum Gasteiger partial charge on any atom is -0.384 e. The van der Waals surface area contributed by atoms with E-state index in [2.05, 4.69) is 11.6 Å². The molecule has 0 atom stereocenters. The van der Waals surface area contributed by atoms with Gasteiger partial charge in [-0.15, -0.1) is 0 Å². The monoisotopic (exact) mass is 112 g/mol. The van der Waals surface area contributed by atoms with E-state index in [4.69, 9.17) is 5.73 Å². The van der Waals surface area contributed by atoms with Gasteiger partial charge in [-0.2, -0.15) is 0 Å². The van der Waals surface area contributed by atoms with Gasteiger partial charge in [-0.05, 0) is 5.92 Å². The van der Waals surface area contributed by atoms with Crippen molar-refractivity contribution < 1.29 is 0 Å². The molecule has 0 heterocycles. The van der Waals surface area contributed by atoms with Crippen LogP contribution in [0.25, 0.3) is 0 Å². The van der Waals surface area contributed by atoms with E-state index in [1.165, 1.54) is 0 Å². The summed E-state index contributed by atoms with van der Waals surface area (Å²) in [4.78, 5) is 3.78. The summed E-state index contributed by atoms with van der Waals surface area (Å²) in [5, 5.41) is 0. The molecular weight excluding hydrogens is 100 g/mol. The molecule has 0 fully saturated rings. The third kappa shape index (κ3) is 5.21. The first kappa shape index (κ1) is 7.21. The normalized spacial score (nSPS) is 10.9. The fraction of sp³-hybridized carbons (Fsp3) is 0.500. The molecule has 0 amide bonds. The lowest BCUT2D eigenvalue weighted by Gasteiger charge is -1.90. The van der Waals surface area contributed by atoms with Crippen LogP contribution in [0.1, 0.15) is 13.8 Å². The molecule has 0 spiro atoms. The van der Waals surface area contributed by atoms with Crippen LogP contribution < -0.4 is 5.73 Å². The van der Waals surface area contributed by atoms with Crippen LogP contribution in [-0.4, -0.2) is 6.21 Å². The van der Waals surface area contributed by atoms with E-state index >= 15 is 0 Å². The second kappa shape index (κ2) is 3.24. The minimum atomic E-state index is 0.374. The summed E-state index contributed by atoms with van der Waals surface area (Å²) in [5.41, 5.74) is 5.15. The van der Waals surface area contributed by atoms with Crippen LogP contribution in [0, 0.1) is 5.92 Å². The maximum Gasteiger partial charge on any atom is 0.115 e. The average molecular weight is 112 g/mol. The van der Waals surface area contributed by atoms with Gasteiger partial charge in [0.25, 0.3) is 0 Å². The van der Waals surface area contributed by atoms with E-state index in [0.717, 1.165) is 0 Å². The largest absolute Gasteiger partial charge is 0.384 e. The minimum absolute atomic E-state index is 0.374. The Hall–Kier alpha value is -0.790. The van der Waals surface area contributed by atoms with Crippen molar-refractivity contribution in [2.45, 2.75) is 13.8 Å². The maximum atomic E-state index is 5.15. The van der Waals surface area contributed by atoms with Crippen LogP contribution in [0.2, 0.25) is 0 Å². The number of rotatable bonds is 2. The quantitative estimate of drug-likeness (QED) is 0.534. The number of aliphatic imine (C=N–C) groups is 1. The van der Waals surface area contributed by atoms with E-state index in [0.29, 0.717) is 11.7 Å². The molecule has 0 aliphatic carbocycles. The van der Waals surface area contributed by atoms with Gasteiger partial charge in [-0.1, -0.05) is 20.4 Å². The molecule has 0 radical (unpaired) electrons. The Morgan fingerprint density at radius 2 is 2.25 bits per heavy atom. The Labute approximate surface area is 50.1 Å². The van der Waals surface area contributed by atoms with Gasteiger partial charge in [0.2, 0.25) is 0 Å². The van der Waals surface area contributed by atoms with Crippen molar-refractivity contribution in [3.8, 4) is 0 Å². The van der Waals surface area contributed by atoms with Gasteiger partial charge in [0.05, 0.1) is 0 Å². The summed E-state index contributed by atoms with van der Waals surface area (Å²) in [5.74, 6) is 0.828. The molecule has 0 saturated carbocycles. The van der Waals surface area contributed by atoms with E-state index in [1.807, 2.05) is 13.8 Å². The van der Waals surface area contributed by atoms with Crippen molar-refractivity contribution in [3.63, 3.8) is 0 Å². The molecule has 0 aromatic rings. The first-order valence-corrected chi connectivity index (χ1v) is 2.61. The second-order valence-corrected chi connectivity index (χ2v) is 2.01. The highest BCUT2D eigenvalue weighted by Gasteiger charge is 1.82. The third-order valence-corrected chi connectivity index (χ3v) is 0.539. The highest BCUT2D eigenvalue weighted by atomic mass is 14.9. The maximum absolute atomic E-state index is 5.15. The molecular formula is C6H12N2. The standard InChI is InChI=1S/C6H12N2/c1-5(2)4-8-6(3)7/h4-5H,3,7H2,1-2H3/b8-4-. The highest BCUT2D eigenvalue weighted by Crippen LogP contribution is 1.86.